The molecule has 0 aromatic rings. The predicted octanol–water partition coefficient (Wildman–Crippen LogP) is 2.29. The van der Waals surface area contributed by atoms with Gasteiger partial charge < -0.3 is 11.1 Å². The first-order valence-corrected chi connectivity index (χ1v) is 8.42. The van der Waals surface area contributed by atoms with Crippen LogP contribution >= 0.6 is 11.8 Å². The lowest BCUT2D eigenvalue weighted by Gasteiger charge is -2.22. The molecule has 0 spiro atoms. The average molecular weight is 270 g/mol. The predicted molar refractivity (Wildman–Crippen MR) is 77.6 cm³/mol. The molecule has 2 fully saturated rings. The zero-order valence-corrected chi connectivity index (χ0v) is 12.2. The minimum absolute atomic E-state index is 0.228. The first-order valence-electron chi connectivity index (χ1n) is 7.37. The number of thioether (sulfide) groups is 1. The van der Waals surface area contributed by atoms with Crippen molar-refractivity contribution >= 4 is 17.7 Å². The van der Waals surface area contributed by atoms with Gasteiger partial charge in [0, 0.05) is 23.8 Å². The van der Waals surface area contributed by atoms with Crippen molar-refractivity contribution in [2.45, 2.75) is 69.2 Å². The number of nitrogens with two attached hydrogens (primary N) is 1. The molecule has 4 heteroatoms. The van der Waals surface area contributed by atoms with Crippen molar-refractivity contribution in [2.24, 2.45) is 11.7 Å². The summed E-state index contributed by atoms with van der Waals surface area (Å²) in [6.45, 7) is 2.19. The molecule has 4 atom stereocenters. The third-order valence-electron chi connectivity index (χ3n) is 4.35. The normalized spacial score (nSPS) is 35.9. The summed E-state index contributed by atoms with van der Waals surface area (Å²) in [6.07, 6.45) is 7.72. The van der Waals surface area contributed by atoms with Gasteiger partial charge in [0.1, 0.15) is 0 Å². The molecule has 2 aliphatic carbocycles. The van der Waals surface area contributed by atoms with Crippen LogP contribution in [0.3, 0.4) is 0 Å². The molecule has 2 rings (SSSR count). The van der Waals surface area contributed by atoms with Crippen LogP contribution < -0.4 is 11.1 Å². The first-order chi connectivity index (χ1) is 8.70. The minimum atomic E-state index is 0.228. The van der Waals surface area contributed by atoms with Gasteiger partial charge in [-0.25, -0.2) is 0 Å². The van der Waals surface area contributed by atoms with E-state index < -0.39 is 0 Å². The number of amides is 1. The third-order valence-corrected chi connectivity index (χ3v) is 5.67. The molecule has 3 nitrogen and oxygen atoms in total. The molecule has 2 saturated carbocycles. The van der Waals surface area contributed by atoms with E-state index in [1.807, 2.05) is 11.8 Å². The molecule has 0 radical (unpaired) electrons. The number of rotatable bonds is 5. The molecular formula is C14H26N2OS. The highest BCUT2D eigenvalue weighted by molar-refractivity contribution is 7.99. The van der Waals surface area contributed by atoms with Crippen LogP contribution in [0.15, 0.2) is 0 Å². The minimum Gasteiger partial charge on any atom is -0.352 e. The fourth-order valence-electron chi connectivity index (χ4n) is 3.33. The van der Waals surface area contributed by atoms with Gasteiger partial charge in [-0.2, -0.15) is 11.8 Å². The molecule has 0 bridgehead atoms. The fraction of sp³-hybridized carbons (Fsp3) is 0.929. The second-order valence-corrected chi connectivity index (χ2v) is 7.17. The van der Waals surface area contributed by atoms with E-state index in [4.69, 9.17) is 5.73 Å². The number of carbonyl (C=O) groups excluding carboxylic acids is 1. The van der Waals surface area contributed by atoms with Crippen molar-refractivity contribution in [1.82, 2.24) is 5.32 Å². The molecule has 0 aliphatic heterocycles. The lowest BCUT2D eigenvalue weighted by atomic mass is 9.99. The van der Waals surface area contributed by atoms with Gasteiger partial charge >= 0.3 is 0 Å². The highest BCUT2D eigenvalue weighted by atomic mass is 32.2. The van der Waals surface area contributed by atoms with E-state index in [0.29, 0.717) is 23.6 Å². The Hall–Kier alpha value is -0.220. The highest BCUT2D eigenvalue weighted by Crippen LogP contribution is 2.31. The first kappa shape index (κ1) is 14.2. The average Bonchev–Trinajstić information content (AvgIpc) is 2.91. The van der Waals surface area contributed by atoms with Gasteiger partial charge in [0.15, 0.2) is 0 Å². The summed E-state index contributed by atoms with van der Waals surface area (Å²) in [7, 11) is 0. The molecule has 2 unspecified atom stereocenters. The lowest BCUT2D eigenvalue weighted by Crippen LogP contribution is -2.40. The maximum atomic E-state index is 12.1. The smallest absolute Gasteiger partial charge is 0.220 e. The Bertz CT molecular complexity index is 285. The van der Waals surface area contributed by atoms with E-state index in [1.165, 1.54) is 19.3 Å². The van der Waals surface area contributed by atoms with Crippen molar-refractivity contribution < 1.29 is 4.79 Å². The zero-order chi connectivity index (χ0) is 13.0. The molecule has 3 N–H and O–H groups in total. The summed E-state index contributed by atoms with van der Waals surface area (Å²) in [4.78, 5) is 12.1. The van der Waals surface area contributed by atoms with Gasteiger partial charge in [0.05, 0.1) is 0 Å². The standard InChI is InChI=1S/C14H26N2OS/c1-2-18-13-8-4-7-12(13)16-14(17)9-10-5-3-6-11(10)15/h10-13H,2-9,15H2,1H3,(H,16,17)/t10-,11+,12?,13?/m0/s1. The zero-order valence-electron chi connectivity index (χ0n) is 11.4. The Morgan fingerprint density at radius 2 is 2.06 bits per heavy atom. The molecule has 0 aromatic carbocycles. The second kappa shape index (κ2) is 6.80. The Balaban J connectivity index is 1.76. The highest BCUT2D eigenvalue weighted by Gasteiger charge is 2.30. The quantitative estimate of drug-likeness (QED) is 0.806. The summed E-state index contributed by atoms with van der Waals surface area (Å²) in [5, 5.41) is 3.88. The summed E-state index contributed by atoms with van der Waals surface area (Å²) in [5.41, 5.74) is 6.03. The van der Waals surface area contributed by atoms with Gasteiger partial charge in [-0.15, -0.1) is 0 Å². The Labute approximate surface area is 115 Å². The number of hydrogen-bond donors (Lipinski definition) is 2. The third kappa shape index (κ3) is 3.64. The van der Waals surface area contributed by atoms with E-state index in [2.05, 4.69) is 12.2 Å². The number of carbonyl (C=O) groups is 1. The van der Waals surface area contributed by atoms with Gasteiger partial charge in [-0.1, -0.05) is 19.8 Å². The molecule has 0 aromatic heterocycles. The Kier molecular flexibility index (Phi) is 5.37. The van der Waals surface area contributed by atoms with E-state index in [9.17, 15) is 4.79 Å². The maximum Gasteiger partial charge on any atom is 0.220 e. The largest absolute Gasteiger partial charge is 0.352 e. The second-order valence-electron chi connectivity index (χ2n) is 5.66. The SMILES string of the molecule is CCSC1CCCC1NC(=O)C[C@@H]1CCC[C@H]1N. The van der Waals surface area contributed by atoms with Crippen molar-refractivity contribution in [2.75, 3.05) is 5.75 Å². The molecule has 1 amide bonds. The van der Waals surface area contributed by atoms with Crippen LogP contribution in [0, 0.1) is 5.92 Å². The Morgan fingerprint density at radius 1 is 1.28 bits per heavy atom. The molecule has 104 valence electrons. The molecule has 0 heterocycles. The van der Waals surface area contributed by atoms with Gasteiger partial charge in [0.25, 0.3) is 0 Å². The van der Waals surface area contributed by atoms with Crippen LogP contribution in [0.4, 0.5) is 0 Å². The van der Waals surface area contributed by atoms with Crippen molar-refractivity contribution in [1.29, 1.82) is 0 Å². The number of nitrogens with one attached hydrogen (secondary N) is 1. The fourth-order valence-corrected chi connectivity index (χ4v) is 4.53. The van der Waals surface area contributed by atoms with Gasteiger partial charge in [0.2, 0.25) is 5.91 Å². The van der Waals surface area contributed by atoms with Crippen LogP contribution in [-0.4, -0.2) is 29.0 Å². The van der Waals surface area contributed by atoms with Crippen LogP contribution in [0.1, 0.15) is 51.9 Å². The van der Waals surface area contributed by atoms with Crippen LogP contribution in [0.25, 0.3) is 0 Å². The summed E-state index contributed by atoms with van der Waals surface area (Å²) in [6, 6.07) is 0.653. The monoisotopic (exact) mass is 270 g/mol. The molecule has 18 heavy (non-hydrogen) atoms. The maximum absolute atomic E-state index is 12.1. The lowest BCUT2D eigenvalue weighted by molar-refractivity contribution is -0.122. The van der Waals surface area contributed by atoms with E-state index >= 15 is 0 Å². The van der Waals surface area contributed by atoms with E-state index in [1.54, 1.807) is 0 Å². The molecule has 0 saturated heterocycles. The number of hydrogen-bond acceptors (Lipinski definition) is 3. The summed E-state index contributed by atoms with van der Waals surface area (Å²) in [5.74, 6) is 1.79. The van der Waals surface area contributed by atoms with Crippen LogP contribution in [0.5, 0.6) is 0 Å². The van der Waals surface area contributed by atoms with Crippen molar-refractivity contribution in [3.8, 4) is 0 Å². The van der Waals surface area contributed by atoms with Crippen LogP contribution in [0.2, 0.25) is 0 Å². The van der Waals surface area contributed by atoms with Gasteiger partial charge in [-0.05, 0) is 37.4 Å². The van der Waals surface area contributed by atoms with E-state index in [0.717, 1.165) is 25.0 Å². The summed E-state index contributed by atoms with van der Waals surface area (Å²) >= 11 is 1.99. The van der Waals surface area contributed by atoms with Gasteiger partial charge in [-0.3, -0.25) is 4.79 Å². The molecular weight excluding hydrogens is 244 g/mol. The van der Waals surface area contributed by atoms with Crippen molar-refractivity contribution in [3.05, 3.63) is 0 Å². The Morgan fingerprint density at radius 3 is 2.72 bits per heavy atom. The van der Waals surface area contributed by atoms with Crippen LogP contribution in [-0.2, 0) is 4.79 Å². The summed E-state index contributed by atoms with van der Waals surface area (Å²) < 4.78 is 0. The topological polar surface area (TPSA) is 55.1 Å². The molecule has 2 aliphatic rings. The van der Waals surface area contributed by atoms with E-state index in [-0.39, 0.29) is 11.9 Å². The van der Waals surface area contributed by atoms with Crippen molar-refractivity contribution in [3.63, 3.8) is 0 Å².